The van der Waals surface area contributed by atoms with Gasteiger partial charge in [0.05, 0.1) is 0 Å². The summed E-state index contributed by atoms with van der Waals surface area (Å²) in [5, 5.41) is 3.13. The van der Waals surface area contributed by atoms with Crippen molar-refractivity contribution in [1.29, 1.82) is 0 Å². The van der Waals surface area contributed by atoms with Gasteiger partial charge in [-0.25, -0.2) is 0 Å². The average molecular weight is 500 g/mol. The van der Waals surface area contributed by atoms with Crippen LogP contribution in [0.5, 0.6) is 0 Å². The minimum Gasteiger partial charge on any atom is -0.322 e. The number of nitrogens with one attached hydrogen (secondary N) is 1. The van der Waals surface area contributed by atoms with Gasteiger partial charge in [0.1, 0.15) is 5.78 Å². The molecule has 1 atom stereocenters. The fourth-order valence-electron chi connectivity index (χ4n) is 6.70. The zero-order chi connectivity index (χ0) is 26.1. The second kappa shape index (κ2) is 10.4. The standard InChI is InChI=1S/C35H33NO2/c1-23(37)33(26-8-3-2-4-9-26)27-16-14-24(15-17-27)25-18-20-30(21-19-25)36-35(38)32-13-7-11-29-22-28-10-5-6-12-31(28)34(29)32/h2-13,18-21,24,27,33H,14-17,22H2,1H3,(H,36,38). The lowest BCUT2D eigenvalue weighted by atomic mass is 9.71. The van der Waals surface area contributed by atoms with Crippen molar-refractivity contribution in [1.82, 2.24) is 0 Å². The molecule has 0 heterocycles. The summed E-state index contributed by atoms with van der Waals surface area (Å²) < 4.78 is 0. The Morgan fingerprint density at radius 3 is 2.16 bits per heavy atom. The summed E-state index contributed by atoms with van der Waals surface area (Å²) in [7, 11) is 0. The number of benzene rings is 4. The molecule has 4 aromatic rings. The van der Waals surface area contributed by atoms with E-state index in [4.69, 9.17) is 0 Å². The minimum atomic E-state index is -0.0667. The number of amides is 1. The van der Waals surface area contributed by atoms with Crippen LogP contribution in [0.25, 0.3) is 11.1 Å². The number of ketones is 1. The molecular formula is C35H33NO2. The first-order valence-corrected chi connectivity index (χ1v) is 13.8. The van der Waals surface area contributed by atoms with E-state index in [1.165, 1.54) is 22.3 Å². The van der Waals surface area contributed by atoms with Gasteiger partial charge in [0.15, 0.2) is 0 Å². The van der Waals surface area contributed by atoms with Gasteiger partial charge in [0, 0.05) is 17.2 Å². The van der Waals surface area contributed by atoms with Crippen molar-refractivity contribution in [3.05, 3.63) is 125 Å². The van der Waals surface area contributed by atoms with Crippen molar-refractivity contribution in [3.8, 4) is 11.1 Å². The molecule has 38 heavy (non-hydrogen) atoms. The molecule has 2 aliphatic rings. The number of fused-ring (bicyclic) bond motifs is 3. The molecular weight excluding hydrogens is 466 g/mol. The number of hydrogen-bond donors (Lipinski definition) is 1. The van der Waals surface area contributed by atoms with Crippen LogP contribution in [0.1, 0.15) is 77.1 Å². The van der Waals surface area contributed by atoms with E-state index in [1.807, 2.05) is 48.5 Å². The summed E-state index contributed by atoms with van der Waals surface area (Å²) >= 11 is 0. The first kappa shape index (κ1) is 24.4. The van der Waals surface area contributed by atoms with Gasteiger partial charge in [-0.2, -0.15) is 0 Å². The van der Waals surface area contributed by atoms with Crippen molar-refractivity contribution in [2.75, 3.05) is 5.32 Å². The van der Waals surface area contributed by atoms with Gasteiger partial charge in [-0.05, 0) is 102 Å². The highest BCUT2D eigenvalue weighted by Gasteiger charge is 2.32. The van der Waals surface area contributed by atoms with Gasteiger partial charge >= 0.3 is 0 Å². The molecule has 6 rings (SSSR count). The maximum absolute atomic E-state index is 13.3. The Morgan fingerprint density at radius 2 is 1.42 bits per heavy atom. The molecule has 3 nitrogen and oxygen atoms in total. The van der Waals surface area contributed by atoms with Crippen molar-refractivity contribution in [2.45, 2.75) is 50.9 Å². The fraction of sp³-hybridized carbons (Fsp3) is 0.257. The predicted octanol–water partition coefficient (Wildman–Crippen LogP) is 8.16. The van der Waals surface area contributed by atoms with Gasteiger partial charge in [-0.15, -0.1) is 0 Å². The van der Waals surface area contributed by atoms with Crippen LogP contribution in [0, 0.1) is 5.92 Å². The van der Waals surface area contributed by atoms with E-state index in [2.05, 4.69) is 53.8 Å². The second-order valence-corrected chi connectivity index (χ2v) is 10.9. The fourth-order valence-corrected chi connectivity index (χ4v) is 6.70. The third-order valence-corrected chi connectivity index (χ3v) is 8.54. The summed E-state index contributed by atoms with van der Waals surface area (Å²) in [6.45, 7) is 1.74. The quantitative estimate of drug-likeness (QED) is 0.256. The highest BCUT2D eigenvalue weighted by atomic mass is 16.1. The van der Waals surface area contributed by atoms with Gasteiger partial charge < -0.3 is 5.32 Å². The lowest BCUT2D eigenvalue weighted by Gasteiger charge is -2.33. The van der Waals surface area contributed by atoms with Crippen molar-refractivity contribution < 1.29 is 9.59 Å². The molecule has 1 amide bonds. The molecule has 1 saturated carbocycles. The molecule has 2 aliphatic carbocycles. The van der Waals surface area contributed by atoms with E-state index in [-0.39, 0.29) is 17.6 Å². The summed E-state index contributed by atoms with van der Waals surface area (Å²) in [6, 6.07) is 33.0. The Labute approximate surface area is 224 Å². The Kier molecular flexibility index (Phi) is 6.68. The number of hydrogen-bond acceptors (Lipinski definition) is 2. The molecule has 0 aromatic heterocycles. The van der Waals surface area contributed by atoms with E-state index < -0.39 is 0 Å². The highest BCUT2D eigenvalue weighted by molar-refractivity contribution is 6.10. The third kappa shape index (κ3) is 4.69. The summed E-state index contributed by atoms with van der Waals surface area (Å²) in [4.78, 5) is 25.8. The number of carbonyl (C=O) groups excluding carboxylic acids is 2. The number of carbonyl (C=O) groups is 2. The van der Waals surface area contributed by atoms with Crippen LogP contribution in [-0.4, -0.2) is 11.7 Å². The zero-order valence-electron chi connectivity index (χ0n) is 21.8. The maximum Gasteiger partial charge on any atom is 0.256 e. The molecule has 0 saturated heterocycles. The molecule has 0 spiro atoms. The van der Waals surface area contributed by atoms with E-state index in [9.17, 15) is 9.59 Å². The second-order valence-electron chi connectivity index (χ2n) is 10.9. The zero-order valence-corrected chi connectivity index (χ0v) is 21.8. The summed E-state index contributed by atoms with van der Waals surface area (Å²) in [6.07, 6.45) is 5.17. The normalized spacial score (nSPS) is 18.8. The molecule has 1 fully saturated rings. The third-order valence-electron chi connectivity index (χ3n) is 8.54. The summed E-state index contributed by atoms with van der Waals surface area (Å²) in [5.41, 5.74) is 8.73. The van der Waals surface area contributed by atoms with Gasteiger partial charge in [0.2, 0.25) is 0 Å². The first-order chi connectivity index (χ1) is 18.6. The van der Waals surface area contributed by atoms with Gasteiger partial charge in [0.25, 0.3) is 5.91 Å². The Hall–Kier alpha value is -3.98. The smallest absolute Gasteiger partial charge is 0.256 e. The van der Waals surface area contributed by atoms with Gasteiger partial charge in [-0.1, -0.05) is 78.9 Å². The van der Waals surface area contributed by atoms with E-state index in [1.54, 1.807) is 6.92 Å². The minimum absolute atomic E-state index is 0.00105. The molecule has 0 radical (unpaired) electrons. The lowest BCUT2D eigenvalue weighted by Crippen LogP contribution is -2.24. The summed E-state index contributed by atoms with van der Waals surface area (Å²) in [5.74, 6) is 1.10. The van der Waals surface area contributed by atoms with Crippen molar-refractivity contribution >= 4 is 17.4 Å². The monoisotopic (exact) mass is 499 g/mol. The Balaban J connectivity index is 1.12. The predicted molar refractivity (Wildman–Crippen MR) is 154 cm³/mol. The number of Topliss-reactive ketones (excluding diaryl/α,β-unsaturated/α-hetero) is 1. The number of rotatable bonds is 6. The lowest BCUT2D eigenvalue weighted by molar-refractivity contribution is -0.119. The van der Waals surface area contributed by atoms with Crippen molar-refractivity contribution in [2.24, 2.45) is 5.92 Å². The van der Waals surface area contributed by atoms with Crippen LogP contribution in [0.2, 0.25) is 0 Å². The van der Waals surface area contributed by atoms with Crippen molar-refractivity contribution in [3.63, 3.8) is 0 Å². The Bertz CT molecular complexity index is 1460. The van der Waals surface area contributed by atoms with Crippen LogP contribution in [0.3, 0.4) is 0 Å². The van der Waals surface area contributed by atoms with Crippen LogP contribution in [0.4, 0.5) is 5.69 Å². The number of anilines is 1. The van der Waals surface area contributed by atoms with E-state index in [0.717, 1.165) is 54.5 Å². The first-order valence-electron chi connectivity index (χ1n) is 13.8. The van der Waals surface area contributed by atoms with Crippen LogP contribution in [0.15, 0.2) is 97.1 Å². The highest BCUT2D eigenvalue weighted by Crippen LogP contribution is 2.43. The molecule has 190 valence electrons. The van der Waals surface area contributed by atoms with Crippen LogP contribution < -0.4 is 5.32 Å². The molecule has 0 aliphatic heterocycles. The maximum atomic E-state index is 13.3. The molecule has 4 aromatic carbocycles. The molecule has 3 heteroatoms. The van der Waals surface area contributed by atoms with Crippen LogP contribution in [-0.2, 0) is 11.2 Å². The molecule has 1 unspecified atom stereocenters. The van der Waals surface area contributed by atoms with E-state index in [0.29, 0.717) is 11.8 Å². The van der Waals surface area contributed by atoms with Crippen LogP contribution >= 0.6 is 0 Å². The average Bonchev–Trinajstić information content (AvgIpc) is 3.33. The molecule has 0 bridgehead atoms. The largest absolute Gasteiger partial charge is 0.322 e. The van der Waals surface area contributed by atoms with E-state index >= 15 is 0 Å². The SMILES string of the molecule is CC(=O)C(c1ccccc1)C1CCC(c2ccc(NC(=O)c3cccc4c3-c3ccccc3C4)cc2)CC1. The molecule has 1 N–H and O–H groups in total. The van der Waals surface area contributed by atoms with Gasteiger partial charge in [-0.3, -0.25) is 9.59 Å². The topological polar surface area (TPSA) is 46.2 Å². The Morgan fingerprint density at radius 1 is 0.737 bits per heavy atom.